The number of benzene rings is 1. The summed E-state index contributed by atoms with van der Waals surface area (Å²) < 4.78 is 5.75. The predicted molar refractivity (Wildman–Crippen MR) is 98.3 cm³/mol. The van der Waals surface area contributed by atoms with Crippen molar-refractivity contribution in [2.24, 2.45) is 0 Å². The Labute approximate surface area is 151 Å². The van der Waals surface area contributed by atoms with E-state index in [-0.39, 0.29) is 12.0 Å². The quantitative estimate of drug-likeness (QED) is 0.750. The number of hydrogen-bond donors (Lipinski definition) is 2. The first kappa shape index (κ1) is 16.5. The number of anilines is 1. The van der Waals surface area contributed by atoms with Crippen LogP contribution in [0.4, 0.5) is 5.82 Å². The van der Waals surface area contributed by atoms with Gasteiger partial charge < -0.3 is 20.4 Å². The van der Waals surface area contributed by atoms with Crippen molar-refractivity contribution < 1.29 is 9.53 Å². The third-order valence-electron chi connectivity index (χ3n) is 4.76. The molecular weight excluding hydrogens is 330 g/mol. The molecule has 134 valence electrons. The van der Waals surface area contributed by atoms with Gasteiger partial charge in [-0.05, 0) is 18.1 Å². The van der Waals surface area contributed by atoms with E-state index in [1.807, 2.05) is 29.3 Å². The summed E-state index contributed by atoms with van der Waals surface area (Å²) in [6.45, 7) is 1.51. The molecule has 0 aliphatic carbocycles. The second-order valence-electron chi connectivity index (χ2n) is 6.39. The molecule has 0 saturated carbocycles. The number of nitrogen functional groups attached to an aromatic ring is 1. The molecule has 2 aromatic heterocycles. The SMILES string of the molecule is Nc1nccnc1C1CN(C(=O)CCc2c[nH]c3ccccc23)CCO1. The third-order valence-corrected chi connectivity index (χ3v) is 4.76. The minimum absolute atomic E-state index is 0.117. The number of ether oxygens (including phenoxy) is 1. The number of nitrogens with two attached hydrogens (primary N) is 1. The van der Waals surface area contributed by atoms with Crippen molar-refractivity contribution in [3.63, 3.8) is 0 Å². The van der Waals surface area contributed by atoms with Gasteiger partial charge in [0.15, 0.2) is 0 Å². The minimum Gasteiger partial charge on any atom is -0.382 e. The lowest BCUT2D eigenvalue weighted by Gasteiger charge is -2.33. The van der Waals surface area contributed by atoms with Crippen LogP contribution in [0.15, 0.2) is 42.9 Å². The molecule has 0 radical (unpaired) electrons. The Balaban J connectivity index is 1.41. The van der Waals surface area contributed by atoms with E-state index >= 15 is 0 Å². The molecule has 7 nitrogen and oxygen atoms in total. The van der Waals surface area contributed by atoms with Crippen LogP contribution in [0.1, 0.15) is 23.8 Å². The van der Waals surface area contributed by atoms with E-state index in [1.54, 1.807) is 12.4 Å². The first-order valence-electron chi connectivity index (χ1n) is 8.73. The van der Waals surface area contributed by atoms with Crippen molar-refractivity contribution in [3.05, 3.63) is 54.1 Å². The van der Waals surface area contributed by atoms with Gasteiger partial charge in [0.25, 0.3) is 0 Å². The van der Waals surface area contributed by atoms with Crippen LogP contribution in [0.2, 0.25) is 0 Å². The Bertz CT molecular complexity index is 923. The zero-order valence-corrected chi connectivity index (χ0v) is 14.4. The molecule has 1 atom stereocenters. The molecule has 1 unspecified atom stereocenters. The van der Waals surface area contributed by atoms with Gasteiger partial charge in [0.05, 0.1) is 13.2 Å². The van der Waals surface area contributed by atoms with Gasteiger partial charge in [-0.1, -0.05) is 18.2 Å². The van der Waals surface area contributed by atoms with Gasteiger partial charge in [-0.15, -0.1) is 0 Å². The first-order valence-corrected chi connectivity index (χ1v) is 8.73. The average Bonchev–Trinajstić information content (AvgIpc) is 3.10. The summed E-state index contributed by atoms with van der Waals surface area (Å²) in [6.07, 6.45) is 5.97. The Kier molecular flexibility index (Phi) is 4.53. The number of hydrogen-bond acceptors (Lipinski definition) is 5. The molecule has 1 fully saturated rings. The molecule has 1 amide bonds. The highest BCUT2D eigenvalue weighted by atomic mass is 16.5. The van der Waals surface area contributed by atoms with Crippen molar-refractivity contribution in [2.75, 3.05) is 25.4 Å². The minimum atomic E-state index is -0.325. The smallest absolute Gasteiger partial charge is 0.223 e. The van der Waals surface area contributed by atoms with Crippen molar-refractivity contribution in [1.82, 2.24) is 19.9 Å². The molecule has 0 bridgehead atoms. The van der Waals surface area contributed by atoms with E-state index in [9.17, 15) is 4.79 Å². The lowest BCUT2D eigenvalue weighted by Crippen LogP contribution is -2.42. The Morgan fingerprint density at radius 1 is 1.31 bits per heavy atom. The van der Waals surface area contributed by atoms with E-state index in [0.29, 0.717) is 44.0 Å². The molecule has 0 spiro atoms. The highest BCUT2D eigenvalue weighted by molar-refractivity contribution is 5.84. The van der Waals surface area contributed by atoms with Crippen LogP contribution in [0.5, 0.6) is 0 Å². The number of aryl methyl sites for hydroxylation is 1. The lowest BCUT2D eigenvalue weighted by atomic mass is 10.1. The van der Waals surface area contributed by atoms with Gasteiger partial charge in [-0.25, -0.2) is 4.98 Å². The maximum Gasteiger partial charge on any atom is 0.223 e. The zero-order valence-electron chi connectivity index (χ0n) is 14.4. The van der Waals surface area contributed by atoms with Gasteiger partial charge in [0.2, 0.25) is 5.91 Å². The first-order chi connectivity index (χ1) is 12.7. The Hall–Kier alpha value is -2.93. The second-order valence-corrected chi connectivity index (χ2v) is 6.39. The highest BCUT2D eigenvalue weighted by Gasteiger charge is 2.27. The summed E-state index contributed by atoms with van der Waals surface area (Å²) in [5.74, 6) is 0.469. The van der Waals surface area contributed by atoms with Gasteiger partial charge in [0.1, 0.15) is 17.6 Å². The third kappa shape index (κ3) is 3.25. The molecule has 3 N–H and O–H groups in total. The maximum atomic E-state index is 12.7. The summed E-state index contributed by atoms with van der Waals surface area (Å²) in [6, 6.07) is 8.13. The molecule has 1 saturated heterocycles. The molecule has 1 aliphatic heterocycles. The standard InChI is InChI=1S/C19H21N5O2/c20-19-18(21-7-8-22-19)16-12-24(9-10-26-16)17(25)6-5-13-11-23-15-4-2-1-3-14(13)15/h1-4,7-8,11,16,23H,5-6,9-10,12H2,(H2,20,22). The fraction of sp³-hybridized carbons (Fsp3) is 0.316. The van der Waals surface area contributed by atoms with E-state index < -0.39 is 0 Å². The fourth-order valence-corrected chi connectivity index (χ4v) is 3.39. The normalized spacial score (nSPS) is 17.5. The van der Waals surface area contributed by atoms with Gasteiger partial charge >= 0.3 is 0 Å². The van der Waals surface area contributed by atoms with E-state index in [4.69, 9.17) is 10.5 Å². The number of para-hydroxylation sites is 1. The van der Waals surface area contributed by atoms with Crippen LogP contribution in [-0.2, 0) is 16.0 Å². The van der Waals surface area contributed by atoms with Crippen molar-refractivity contribution in [2.45, 2.75) is 18.9 Å². The molecule has 3 heterocycles. The monoisotopic (exact) mass is 351 g/mol. The number of carbonyl (C=O) groups is 1. The predicted octanol–water partition coefficient (Wildman–Crippen LogP) is 2.07. The summed E-state index contributed by atoms with van der Waals surface area (Å²) in [5.41, 5.74) is 8.75. The zero-order chi connectivity index (χ0) is 17.9. The molecule has 3 aromatic rings. The number of morpholine rings is 1. The number of nitrogens with one attached hydrogen (secondary N) is 1. The van der Waals surface area contributed by atoms with Crippen LogP contribution < -0.4 is 5.73 Å². The summed E-state index contributed by atoms with van der Waals surface area (Å²) in [7, 11) is 0. The number of carbonyl (C=O) groups excluding carboxylic acids is 1. The van der Waals surface area contributed by atoms with E-state index in [0.717, 1.165) is 11.1 Å². The van der Waals surface area contributed by atoms with E-state index in [1.165, 1.54) is 5.39 Å². The van der Waals surface area contributed by atoms with Crippen LogP contribution in [0.3, 0.4) is 0 Å². The summed E-state index contributed by atoms with van der Waals surface area (Å²) in [4.78, 5) is 26.1. The summed E-state index contributed by atoms with van der Waals surface area (Å²) >= 11 is 0. The van der Waals surface area contributed by atoms with Crippen molar-refractivity contribution >= 4 is 22.6 Å². The largest absolute Gasteiger partial charge is 0.382 e. The van der Waals surface area contributed by atoms with Gasteiger partial charge in [-0.3, -0.25) is 9.78 Å². The molecular formula is C19H21N5O2. The van der Waals surface area contributed by atoms with Gasteiger partial charge in [0, 0.05) is 42.5 Å². The topological polar surface area (TPSA) is 97.1 Å². The maximum absolute atomic E-state index is 12.7. The Morgan fingerprint density at radius 2 is 2.15 bits per heavy atom. The molecule has 1 aromatic carbocycles. The van der Waals surface area contributed by atoms with Crippen molar-refractivity contribution in [3.8, 4) is 0 Å². The second kappa shape index (κ2) is 7.13. The van der Waals surface area contributed by atoms with Crippen molar-refractivity contribution in [1.29, 1.82) is 0 Å². The average molecular weight is 351 g/mol. The number of nitrogens with zero attached hydrogens (tertiary/aromatic N) is 3. The number of fused-ring (bicyclic) bond motifs is 1. The molecule has 1 aliphatic rings. The number of aromatic amines is 1. The number of amides is 1. The fourth-order valence-electron chi connectivity index (χ4n) is 3.39. The number of H-pyrrole nitrogens is 1. The van der Waals surface area contributed by atoms with Gasteiger partial charge in [-0.2, -0.15) is 0 Å². The van der Waals surface area contributed by atoms with Crippen LogP contribution in [0.25, 0.3) is 10.9 Å². The number of rotatable bonds is 4. The van der Waals surface area contributed by atoms with Crippen LogP contribution in [0, 0.1) is 0 Å². The van der Waals surface area contributed by atoms with E-state index in [2.05, 4.69) is 21.0 Å². The van der Waals surface area contributed by atoms with Crippen LogP contribution >= 0.6 is 0 Å². The molecule has 26 heavy (non-hydrogen) atoms. The van der Waals surface area contributed by atoms with Crippen LogP contribution in [-0.4, -0.2) is 45.5 Å². The Morgan fingerprint density at radius 3 is 3.04 bits per heavy atom. The molecule has 7 heteroatoms. The molecule has 4 rings (SSSR count). The summed E-state index contributed by atoms with van der Waals surface area (Å²) in [5, 5.41) is 1.17. The number of aromatic nitrogens is 3. The highest BCUT2D eigenvalue weighted by Crippen LogP contribution is 2.24. The lowest BCUT2D eigenvalue weighted by molar-refractivity contribution is -0.139.